The smallest absolute Gasteiger partial charge is 0.254 e. The first-order valence-corrected chi connectivity index (χ1v) is 5.49. The van der Waals surface area contributed by atoms with Crippen molar-refractivity contribution in [2.75, 3.05) is 6.54 Å². The maximum absolute atomic E-state index is 13.2. The fourth-order valence-electron chi connectivity index (χ4n) is 1.61. The summed E-state index contributed by atoms with van der Waals surface area (Å²) < 4.78 is 26.1. The Morgan fingerprint density at radius 1 is 1.47 bits per heavy atom. The van der Waals surface area contributed by atoms with Gasteiger partial charge in [-0.2, -0.15) is 0 Å². The maximum atomic E-state index is 13.2. The first-order valence-electron chi connectivity index (χ1n) is 5.49. The number of aliphatic hydroxyl groups excluding tert-OH is 1. The molecule has 5 heteroatoms. The molecule has 3 nitrogen and oxygen atoms in total. The lowest BCUT2D eigenvalue weighted by atomic mass is 10.2. The van der Waals surface area contributed by atoms with E-state index in [0.29, 0.717) is 0 Å². The van der Waals surface area contributed by atoms with Gasteiger partial charge in [0.15, 0.2) is 0 Å². The Morgan fingerprint density at radius 3 is 2.82 bits per heavy atom. The van der Waals surface area contributed by atoms with Crippen molar-refractivity contribution in [1.29, 1.82) is 0 Å². The molecule has 1 atom stereocenters. The van der Waals surface area contributed by atoms with Gasteiger partial charge in [0.2, 0.25) is 0 Å². The normalized spacial score (nSPS) is 16.6. The number of benzene rings is 1. The van der Waals surface area contributed by atoms with Crippen LogP contribution in [0, 0.1) is 17.6 Å². The molecular weight excluding hydrogens is 228 g/mol. The average molecular weight is 241 g/mol. The van der Waals surface area contributed by atoms with Gasteiger partial charge in [0, 0.05) is 6.54 Å². The highest BCUT2D eigenvalue weighted by Gasteiger charge is 2.29. The average Bonchev–Trinajstić information content (AvgIpc) is 3.12. The summed E-state index contributed by atoms with van der Waals surface area (Å²) in [6.07, 6.45) is 1.30. The van der Waals surface area contributed by atoms with Crippen LogP contribution >= 0.6 is 0 Å². The minimum Gasteiger partial charge on any atom is -0.391 e. The van der Waals surface area contributed by atoms with Gasteiger partial charge in [0.05, 0.1) is 11.7 Å². The highest BCUT2D eigenvalue weighted by Crippen LogP contribution is 2.32. The number of amides is 1. The van der Waals surface area contributed by atoms with E-state index in [4.69, 9.17) is 0 Å². The van der Waals surface area contributed by atoms with Crippen LogP contribution in [-0.4, -0.2) is 23.7 Å². The van der Waals surface area contributed by atoms with Gasteiger partial charge >= 0.3 is 0 Å². The zero-order valence-electron chi connectivity index (χ0n) is 9.12. The molecule has 0 radical (unpaired) electrons. The van der Waals surface area contributed by atoms with E-state index in [1.54, 1.807) is 0 Å². The van der Waals surface area contributed by atoms with Crippen molar-refractivity contribution >= 4 is 5.91 Å². The topological polar surface area (TPSA) is 49.3 Å². The van der Waals surface area contributed by atoms with Crippen molar-refractivity contribution in [3.05, 3.63) is 35.4 Å². The summed E-state index contributed by atoms with van der Waals surface area (Å²) in [6, 6.07) is 2.70. The molecule has 2 N–H and O–H groups in total. The standard InChI is InChI=1S/C12H13F2NO2/c13-8-3-4-10(14)9(5-8)12(17)15-6-11(16)7-1-2-7/h3-5,7,11,16H,1-2,6H2,(H,15,17)/t11-/m1/s1. The van der Waals surface area contributed by atoms with E-state index in [0.717, 1.165) is 31.0 Å². The second-order valence-electron chi connectivity index (χ2n) is 4.24. The number of carbonyl (C=O) groups excluding carboxylic acids is 1. The van der Waals surface area contributed by atoms with Crippen LogP contribution in [0.2, 0.25) is 0 Å². The monoisotopic (exact) mass is 241 g/mol. The van der Waals surface area contributed by atoms with Crippen LogP contribution in [0.15, 0.2) is 18.2 Å². The number of hydrogen-bond donors (Lipinski definition) is 2. The molecule has 1 fully saturated rings. The van der Waals surface area contributed by atoms with E-state index in [-0.39, 0.29) is 18.0 Å². The van der Waals surface area contributed by atoms with Gasteiger partial charge in [0.25, 0.3) is 5.91 Å². The molecule has 1 aromatic rings. The predicted octanol–water partition coefficient (Wildman–Crippen LogP) is 1.47. The Hall–Kier alpha value is -1.49. The summed E-state index contributed by atoms with van der Waals surface area (Å²) in [4.78, 5) is 11.5. The first kappa shape index (κ1) is 12.0. The highest BCUT2D eigenvalue weighted by molar-refractivity contribution is 5.94. The molecule has 17 heavy (non-hydrogen) atoms. The lowest BCUT2D eigenvalue weighted by molar-refractivity contribution is 0.0896. The summed E-state index contributed by atoms with van der Waals surface area (Å²) in [6.45, 7) is 0.0689. The van der Waals surface area contributed by atoms with E-state index in [1.807, 2.05) is 0 Å². The summed E-state index contributed by atoms with van der Waals surface area (Å²) in [5, 5.41) is 11.9. The third kappa shape index (κ3) is 3.00. The molecule has 0 unspecified atom stereocenters. The first-order chi connectivity index (χ1) is 8.08. The molecule has 0 spiro atoms. The number of rotatable bonds is 4. The fourth-order valence-corrected chi connectivity index (χ4v) is 1.61. The minimum absolute atomic E-state index is 0.0689. The van der Waals surface area contributed by atoms with Gasteiger partial charge in [-0.05, 0) is 37.0 Å². The van der Waals surface area contributed by atoms with Crippen molar-refractivity contribution in [3.8, 4) is 0 Å². The van der Waals surface area contributed by atoms with Gasteiger partial charge in [0.1, 0.15) is 11.6 Å². The molecule has 92 valence electrons. The van der Waals surface area contributed by atoms with E-state index >= 15 is 0 Å². The quantitative estimate of drug-likeness (QED) is 0.838. The predicted molar refractivity (Wildman–Crippen MR) is 57.4 cm³/mol. The molecule has 1 aliphatic rings. The number of aliphatic hydroxyl groups is 1. The van der Waals surface area contributed by atoms with Gasteiger partial charge < -0.3 is 10.4 Å². The van der Waals surface area contributed by atoms with Crippen LogP contribution in [0.5, 0.6) is 0 Å². The molecule has 1 saturated carbocycles. The molecule has 0 aliphatic heterocycles. The maximum Gasteiger partial charge on any atom is 0.254 e. The Morgan fingerprint density at radius 2 is 2.18 bits per heavy atom. The largest absolute Gasteiger partial charge is 0.391 e. The van der Waals surface area contributed by atoms with Crippen molar-refractivity contribution in [2.24, 2.45) is 5.92 Å². The Balaban J connectivity index is 1.96. The molecule has 1 aliphatic carbocycles. The third-order valence-corrected chi connectivity index (χ3v) is 2.81. The number of halogens is 2. The van der Waals surface area contributed by atoms with Crippen LogP contribution in [0.25, 0.3) is 0 Å². The summed E-state index contributed by atoms with van der Waals surface area (Å²) >= 11 is 0. The van der Waals surface area contributed by atoms with Crippen molar-refractivity contribution in [2.45, 2.75) is 18.9 Å². The molecule has 0 heterocycles. The van der Waals surface area contributed by atoms with Gasteiger partial charge in [-0.25, -0.2) is 8.78 Å². The zero-order valence-corrected chi connectivity index (χ0v) is 9.12. The molecule has 0 aromatic heterocycles. The van der Waals surface area contributed by atoms with Gasteiger partial charge in [-0.15, -0.1) is 0 Å². The van der Waals surface area contributed by atoms with Crippen LogP contribution in [-0.2, 0) is 0 Å². The Labute approximate surface area is 97.5 Å². The summed E-state index contributed by atoms with van der Waals surface area (Å²) in [7, 11) is 0. The molecular formula is C12H13F2NO2. The fraction of sp³-hybridized carbons (Fsp3) is 0.417. The zero-order chi connectivity index (χ0) is 12.4. The van der Waals surface area contributed by atoms with Crippen LogP contribution in [0.4, 0.5) is 8.78 Å². The second-order valence-corrected chi connectivity index (χ2v) is 4.24. The van der Waals surface area contributed by atoms with Crippen LogP contribution in [0.1, 0.15) is 23.2 Å². The summed E-state index contributed by atoms with van der Waals surface area (Å²) in [5.74, 6) is -1.92. The lowest BCUT2D eigenvalue weighted by Crippen LogP contribution is -2.33. The van der Waals surface area contributed by atoms with Crippen LogP contribution in [0.3, 0.4) is 0 Å². The van der Waals surface area contributed by atoms with E-state index in [9.17, 15) is 18.7 Å². The highest BCUT2D eigenvalue weighted by atomic mass is 19.1. The lowest BCUT2D eigenvalue weighted by Gasteiger charge is -2.11. The summed E-state index contributed by atoms with van der Waals surface area (Å²) in [5.41, 5.74) is -0.340. The van der Waals surface area contributed by atoms with Crippen molar-refractivity contribution in [1.82, 2.24) is 5.32 Å². The van der Waals surface area contributed by atoms with Gasteiger partial charge in [-0.1, -0.05) is 0 Å². The SMILES string of the molecule is O=C(NC[C@@H](O)C1CC1)c1cc(F)ccc1F. The van der Waals surface area contributed by atoms with Gasteiger partial charge in [-0.3, -0.25) is 4.79 Å². The Bertz CT molecular complexity index is 433. The molecule has 1 aromatic carbocycles. The minimum atomic E-state index is -0.773. The van der Waals surface area contributed by atoms with E-state index < -0.39 is 23.6 Å². The van der Waals surface area contributed by atoms with E-state index in [2.05, 4.69) is 5.32 Å². The number of carbonyl (C=O) groups is 1. The number of hydrogen-bond acceptors (Lipinski definition) is 2. The molecule has 1 amide bonds. The molecule has 0 bridgehead atoms. The van der Waals surface area contributed by atoms with Crippen molar-refractivity contribution in [3.63, 3.8) is 0 Å². The van der Waals surface area contributed by atoms with E-state index in [1.165, 1.54) is 0 Å². The Kier molecular flexibility index (Phi) is 3.38. The van der Waals surface area contributed by atoms with Crippen molar-refractivity contribution < 1.29 is 18.7 Å². The second kappa shape index (κ2) is 4.79. The molecule has 2 rings (SSSR count). The number of nitrogens with one attached hydrogen (secondary N) is 1. The van der Waals surface area contributed by atoms with Crippen LogP contribution < -0.4 is 5.32 Å². The third-order valence-electron chi connectivity index (χ3n) is 2.81. The molecule has 0 saturated heterocycles.